The average Bonchev–Trinajstić information content (AvgIpc) is 3.18. The lowest BCUT2D eigenvalue weighted by Crippen LogP contribution is -2.43. The van der Waals surface area contributed by atoms with Gasteiger partial charge in [-0.2, -0.15) is 0 Å². The molecule has 4 rings (SSSR count). The number of aromatic amines is 1. The van der Waals surface area contributed by atoms with E-state index in [1.165, 1.54) is 6.42 Å². The molecule has 2 aromatic rings. The number of fused-ring (bicyclic) bond motifs is 2. The predicted molar refractivity (Wildman–Crippen MR) is 98.3 cm³/mol. The Morgan fingerprint density at radius 3 is 2.92 bits per heavy atom. The fourth-order valence-electron chi connectivity index (χ4n) is 4.52. The molecular formula is C19H27N5O. The number of carbonyl (C=O) groups is 1. The molecule has 2 aliphatic rings. The second-order valence-corrected chi connectivity index (χ2v) is 7.92. The molecule has 1 saturated carbocycles. The number of nitrogens with one attached hydrogen (secondary N) is 2. The summed E-state index contributed by atoms with van der Waals surface area (Å²) in [4.78, 5) is 26.6. The molecule has 3 atom stereocenters. The van der Waals surface area contributed by atoms with Crippen LogP contribution in [0.4, 0.5) is 5.82 Å². The van der Waals surface area contributed by atoms with Crippen LogP contribution in [0.1, 0.15) is 38.9 Å². The van der Waals surface area contributed by atoms with Crippen molar-refractivity contribution in [1.82, 2.24) is 19.9 Å². The van der Waals surface area contributed by atoms with Gasteiger partial charge >= 0.3 is 0 Å². The van der Waals surface area contributed by atoms with Gasteiger partial charge in [0.2, 0.25) is 5.91 Å². The van der Waals surface area contributed by atoms with E-state index < -0.39 is 0 Å². The molecule has 134 valence electrons. The first-order valence-corrected chi connectivity index (χ1v) is 9.38. The standard InChI is InChI=1S/C19H27N5O/c1-11(2)19(25)24-7-5-13-8-15(9-14(13)10-24)23-18-16-4-6-20-17(16)21-12(3)22-18/h4,6,11,13-15H,5,7-10H2,1-3H3,(H2,20,21,22,23)/t13-,14-,15+/m0/s1. The van der Waals surface area contributed by atoms with E-state index in [0.29, 0.717) is 17.9 Å². The molecule has 0 unspecified atom stereocenters. The van der Waals surface area contributed by atoms with Crippen LogP contribution in [-0.4, -0.2) is 44.9 Å². The Labute approximate surface area is 148 Å². The largest absolute Gasteiger partial charge is 0.367 e. The summed E-state index contributed by atoms with van der Waals surface area (Å²) in [6, 6.07) is 2.46. The molecule has 6 heteroatoms. The van der Waals surface area contributed by atoms with E-state index in [-0.39, 0.29) is 5.92 Å². The lowest BCUT2D eigenvalue weighted by Gasteiger charge is -2.35. The van der Waals surface area contributed by atoms with Crippen molar-refractivity contribution in [2.45, 2.75) is 46.1 Å². The Hall–Kier alpha value is -2.11. The minimum atomic E-state index is 0.0951. The maximum atomic E-state index is 12.3. The molecule has 1 saturated heterocycles. The highest BCUT2D eigenvalue weighted by Crippen LogP contribution is 2.39. The topological polar surface area (TPSA) is 73.9 Å². The summed E-state index contributed by atoms with van der Waals surface area (Å²) >= 11 is 0. The van der Waals surface area contributed by atoms with Crippen LogP contribution in [0.25, 0.3) is 11.0 Å². The van der Waals surface area contributed by atoms with E-state index in [1.807, 2.05) is 33.0 Å². The highest BCUT2D eigenvalue weighted by atomic mass is 16.2. The van der Waals surface area contributed by atoms with Crippen LogP contribution in [0, 0.1) is 24.7 Å². The van der Waals surface area contributed by atoms with Gasteiger partial charge in [0, 0.05) is 31.2 Å². The SMILES string of the molecule is Cc1nc(N[C@@H]2C[C@@H]3CCN(C(=O)C(C)C)C[C@@H]3C2)c2cc[nH]c2n1. The third-order valence-electron chi connectivity index (χ3n) is 5.74. The number of hydrogen-bond donors (Lipinski definition) is 2. The number of piperidine rings is 1. The Balaban J connectivity index is 1.46. The Morgan fingerprint density at radius 1 is 1.32 bits per heavy atom. The first-order chi connectivity index (χ1) is 12.0. The minimum absolute atomic E-state index is 0.0951. The van der Waals surface area contributed by atoms with E-state index in [0.717, 1.165) is 54.5 Å². The molecule has 1 aliphatic heterocycles. The van der Waals surface area contributed by atoms with Gasteiger partial charge in [0.25, 0.3) is 0 Å². The van der Waals surface area contributed by atoms with Crippen LogP contribution in [0.15, 0.2) is 12.3 Å². The van der Waals surface area contributed by atoms with E-state index in [9.17, 15) is 4.79 Å². The summed E-state index contributed by atoms with van der Waals surface area (Å²) in [5.41, 5.74) is 0.888. The molecule has 2 aromatic heterocycles. The molecule has 3 heterocycles. The third kappa shape index (κ3) is 3.10. The zero-order valence-corrected chi connectivity index (χ0v) is 15.2. The number of aromatic nitrogens is 3. The number of rotatable bonds is 3. The lowest BCUT2D eigenvalue weighted by molar-refractivity contribution is -0.136. The molecule has 0 aromatic carbocycles. The van der Waals surface area contributed by atoms with Crippen molar-refractivity contribution in [1.29, 1.82) is 0 Å². The van der Waals surface area contributed by atoms with E-state index in [1.54, 1.807) is 0 Å². The van der Waals surface area contributed by atoms with Crippen molar-refractivity contribution in [3.63, 3.8) is 0 Å². The average molecular weight is 341 g/mol. The van der Waals surface area contributed by atoms with Crippen molar-refractivity contribution in [2.24, 2.45) is 17.8 Å². The molecule has 0 bridgehead atoms. The van der Waals surface area contributed by atoms with Gasteiger partial charge in [0.15, 0.2) is 0 Å². The summed E-state index contributed by atoms with van der Waals surface area (Å²) in [5, 5.41) is 4.71. The molecule has 2 fully saturated rings. The molecule has 25 heavy (non-hydrogen) atoms. The van der Waals surface area contributed by atoms with Crippen molar-refractivity contribution >= 4 is 22.8 Å². The second kappa shape index (κ2) is 6.32. The first kappa shape index (κ1) is 16.4. The molecule has 1 amide bonds. The van der Waals surface area contributed by atoms with Gasteiger partial charge in [-0.3, -0.25) is 4.79 Å². The van der Waals surface area contributed by atoms with E-state index >= 15 is 0 Å². The summed E-state index contributed by atoms with van der Waals surface area (Å²) in [6.45, 7) is 7.75. The summed E-state index contributed by atoms with van der Waals surface area (Å²) in [5.74, 6) is 3.44. The zero-order valence-electron chi connectivity index (χ0n) is 15.2. The van der Waals surface area contributed by atoms with Gasteiger partial charge < -0.3 is 15.2 Å². The number of hydrogen-bond acceptors (Lipinski definition) is 4. The summed E-state index contributed by atoms with van der Waals surface area (Å²) in [7, 11) is 0. The number of aryl methyl sites for hydroxylation is 1. The quantitative estimate of drug-likeness (QED) is 0.900. The number of nitrogens with zero attached hydrogens (tertiary/aromatic N) is 3. The first-order valence-electron chi connectivity index (χ1n) is 9.38. The minimum Gasteiger partial charge on any atom is -0.367 e. The summed E-state index contributed by atoms with van der Waals surface area (Å²) in [6.07, 6.45) is 5.32. The van der Waals surface area contributed by atoms with Crippen molar-refractivity contribution < 1.29 is 4.79 Å². The fraction of sp³-hybridized carbons (Fsp3) is 0.632. The van der Waals surface area contributed by atoms with Crippen LogP contribution in [0.3, 0.4) is 0 Å². The van der Waals surface area contributed by atoms with Crippen molar-refractivity contribution in [3.05, 3.63) is 18.1 Å². The van der Waals surface area contributed by atoms with Crippen LogP contribution in [0.2, 0.25) is 0 Å². The summed E-state index contributed by atoms with van der Waals surface area (Å²) < 4.78 is 0. The Kier molecular flexibility index (Phi) is 4.13. The van der Waals surface area contributed by atoms with E-state index in [4.69, 9.17) is 0 Å². The molecule has 2 N–H and O–H groups in total. The predicted octanol–water partition coefficient (Wildman–Crippen LogP) is 2.96. The normalized spacial score (nSPS) is 26.2. The highest BCUT2D eigenvalue weighted by Gasteiger charge is 2.39. The Morgan fingerprint density at radius 2 is 2.12 bits per heavy atom. The van der Waals surface area contributed by atoms with Crippen LogP contribution >= 0.6 is 0 Å². The van der Waals surface area contributed by atoms with Crippen LogP contribution in [-0.2, 0) is 4.79 Å². The zero-order chi connectivity index (χ0) is 17.6. The number of carbonyl (C=O) groups excluding carboxylic acids is 1. The molecule has 0 spiro atoms. The monoisotopic (exact) mass is 341 g/mol. The second-order valence-electron chi connectivity index (χ2n) is 7.92. The van der Waals surface area contributed by atoms with Crippen molar-refractivity contribution in [3.8, 4) is 0 Å². The van der Waals surface area contributed by atoms with Gasteiger partial charge in [0.05, 0.1) is 5.39 Å². The molecule has 1 aliphatic carbocycles. The number of H-pyrrole nitrogens is 1. The maximum absolute atomic E-state index is 12.3. The third-order valence-corrected chi connectivity index (χ3v) is 5.74. The van der Waals surface area contributed by atoms with Crippen LogP contribution in [0.5, 0.6) is 0 Å². The van der Waals surface area contributed by atoms with E-state index in [2.05, 4.69) is 25.2 Å². The Bertz CT molecular complexity index is 783. The van der Waals surface area contributed by atoms with Gasteiger partial charge in [-0.15, -0.1) is 0 Å². The van der Waals surface area contributed by atoms with Gasteiger partial charge in [-0.25, -0.2) is 9.97 Å². The smallest absolute Gasteiger partial charge is 0.225 e. The lowest BCUT2D eigenvalue weighted by atomic mass is 9.88. The highest BCUT2D eigenvalue weighted by molar-refractivity contribution is 5.87. The maximum Gasteiger partial charge on any atom is 0.225 e. The molecule has 6 nitrogen and oxygen atoms in total. The van der Waals surface area contributed by atoms with Crippen LogP contribution < -0.4 is 5.32 Å². The molecular weight excluding hydrogens is 314 g/mol. The van der Waals surface area contributed by atoms with Gasteiger partial charge in [-0.05, 0) is 44.1 Å². The van der Waals surface area contributed by atoms with Gasteiger partial charge in [0.1, 0.15) is 17.3 Å². The molecule has 0 radical (unpaired) electrons. The fourth-order valence-corrected chi connectivity index (χ4v) is 4.52. The van der Waals surface area contributed by atoms with Gasteiger partial charge in [-0.1, -0.05) is 13.8 Å². The number of likely N-dealkylation sites (tertiary alicyclic amines) is 1. The number of amides is 1. The van der Waals surface area contributed by atoms with Crippen molar-refractivity contribution in [2.75, 3.05) is 18.4 Å². The number of anilines is 1.